The maximum atomic E-state index is 4.24. The van der Waals surface area contributed by atoms with Gasteiger partial charge < -0.3 is 4.98 Å². The molecule has 2 rings (SSSR count). The Morgan fingerprint density at radius 2 is 2.62 bits per heavy atom. The van der Waals surface area contributed by atoms with E-state index in [2.05, 4.69) is 21.8 Å². The van der Waals surface area contributed by atoms with Crippen molar-refractivity contribution in [1.82, 2.24) is 14.9 Å². The number of nitrogens with one attached hydrogen (secondary N) is 1. The summed E-state index contributed by atoms with van der Waals surface area (Å²) in [6.07, 6.45) is 6.43. The van der Waals surface area contributed by atoms with E-state index in [1.54, 1.807) is 0 Å². The summed E-state index contributed by atoms with van der Waals surface area (Å²) in [7, 11) is 0. The first-order chi connectivity index (χ1) is 6.34. The van der Waals surface area contributed by atoms with Gasteiger partial charge in [0, 0.05) is 18.9 Å². The standard InChI is InChI=1S/C10H17N3/c1-9-3-2-6-13(7-9)8-10-11-4-5-12-10/h4-5,9H,2-3,6-8H2,1H3,(H,11,12)/t9-/m1/s1. The topological polar surface area (TPSA) is 31.9 Å². The fourth-order valence-electron chi connectivity index (χ4n) is 2.03. The van der Waals surface area contributed by atoms with E-state index in [1.807, 2.05) is 12.4 Å². The number of nitrogens with zero attached hydrogens (tertiary/aromatic N) is 2. The smallest absolute Gasteiger partial charge is 0.120 e. The van der Waals surface area contributed by atoms with Gasteiger partial charge in [0.2, 0.25) is 0 Å². The van der Waals surface area contributed by atoms with Crippen molar-refractivity contribution in [2.24, 2.45) is 5.92 Å². The van der Waals surface area contributed by atoms with Crippen LogP contribution in [0.1, 0.15) is 25.6 Å². The zero-order valence-electron chi connectivity index (χ0n) is 8.16. The molecule has 1 N–H and O–H groups in total. The molecule has 2 heterocycles. The monoisotopic (exact) mass is 179 g/mol. The third-order valence-corrected chi connectivity index (χ3v) is 2.67. The highest BCUT2D eigenvalue weighted by Crippen LogP contribution is 2.16. The molecule has 1 fully saturated rings. The molecule has 0 bridgehead atoms. The minimum atomic E-state index is 0.851. The maximum Gasteiger partial charge on any atom is 0.120 e. The lowest BCUT2D eigenvalue weighted by Crippen LogP contribution is -2.34. The summed E-state index contributed by atoms with van der Waals surface area (Å²) >= 11 is 0. The molecule has 0 aliphatic carbocycles. The second-order valence-corrected chi connectivity index (χ2v) is 4.02. The number of piperidine rings is 1. The molecule has 0 unspecified atom stereocenters. The van der Waals surface area contributed by atoms with Crippen molar-refractivity contribution in [3.8, 4) is 0 Å². The van der Waals surface area contributed by atoms with Gasteiger partial charge in [-0.1, -0.05) is 6.92 Å². The molecule has 13 heavy (non-hydrogen) atoms. The number of rotatable bonds is 2. The number of hydrogen-bond donors (Lipinski definition) is 1. The molecule has 3 nitrogen and oxygen atoms in total. The average Bonchev–Trinajstić information content (AvgIpc) is 2.57. The molecule has 0 saturated carbocycles. The van der Waals surface area contributed by atoms with E-state index in [9.17, 15) is 0 Å². The molecule has 0 radical (unpaired) electrons. The quantitative estimate of drug-likeness (QED) is 0.748. The molecule has 0 aromatic carbocycles. The molecule has 0 amide bonds. The predicted octanol–water partition coefficient (Wildman–Crippen LogP) is 1.64. The van der Waals surface area contributed by atoms with Gasteiger partial charge in [-0.15, -0.1) is 0 Å². The number of aromatic nitrogens is 2. The molecule has 1 atom stereocenters. The average molecular weight is 179 g/mol. The maximum absolute atomic E-state index is 4.24. The van der Waals surface area contributed by atoms with Crippen LogP contribution < -0.4 is 0 Å². The first-order valence-electron chi connectivity index (χ1n) is 5.05. The first-order valence-corrected chi connectivity index (χ1v) is 5.05. The van der Waals surface area contributed by atoms with Gasteiger partial charge in [0.05, 0.1) is 6.54 Å². The van der Waals surface area contributed by atoms with Gasteiger partial charge in [0.25, 0.3) is 0 Å². The third kappa shape index (κ3) is 2.31. The van der Waals surface area contributed by atoms with Gasteiger partial charge >= 0.3 is 0 Å². The summed E-state index contributed by atoms with van der Waals surface area (Å²) in [4.78, 5) is 9.86. The number of imidazole rings is 1. The van der Waals surface area contributed by atoms with Crippen LogP contribution in [0.5, 0.6) is 0 Å². The SMILES string of the molecule is C[C@@H]1CCCN(Cc2ncc[nH]2)C1. The van der Waals surface area contributed by atoms with Crippen molar-refractivity contribution in [3.05, 3.63) is 18.2 Å². The van der Waals surface area contributed by atoms with Crippen molar-refractivity contribution < 1.29 is 0 Å². The van der Waals surface area contributed by atoms with E-state index in [0.29, 0.717) is 0 Å². The summed E-state index contributed by atoms with van der Waals surface area (Å²) in [5, 5.41) is 0. The Morgan fingerprint density at radius 3 is 3.31 bits per heavy atom. The van der Waals surface area contributed by atoms with Crippen molar-refractivity contribution in [2.45, 2.75) is 26.3 Å². The summed E-state index contributed by atoms with van der Waals surface area (Å²) in [6, 6.07) is 0. The number of H-pyrrole nitrogens is 1. The highest BCUT2D eigenvalue weighted by Gasteiger charge is 2.16. The number of likely N-dealkylation sites (tertiary alicyclic amines) is 1. The first kappa shape index (κ1) is 8.75. The fourth-order valence-corrected chi connectivity index (χ4v) is 2.03. The predicted molar refractivity (Wildman–Crippen MR) is 52.3 cm³/mol. The Labute approximate surface area is 79.2 Å². The van der Waals surface area contributed by atoms with Crippen molar-refractivity contribution in [2.75, 3.05) is 13.1 Å². The van der Waals surface area contributed by atoms with Gasteiger partial charge in [-0.05, 0) is 25.3 Å². The summed E-state index contributed by atoms with van der Waals surface area (Å²) in [5.74, 6) is 1.94. The summed E-state index contributed by atoms with van der Waals surface area (Å²) < 4.78 is 0. The zero-order valence-corrected chi connectivity index (χ0v) is 8.16. The molecule has 0 spiro atoms. The van der Waals surface area contributed by atoms with E-state index in [0.717, 1.165) is 18.3 Å². The molecular weight excluding hydrogens is 162 g/mol. The van der Waals surface area contributed by atoms with E-state index in [4.69, 9.17) is 0 Å². The summed E-state index contributed by atoms with van der Waals surface area (Å²) in [5.41, 5.74) is 0. The Kier molecular flexibility index (Phi) is 2.64. The Morgan fingerprint density at radius 1 is 1.69 bits per heavy atom. The molecule has 1 aliphatic heterocycles. The molecule has 1 aromatic rings. The van der Waals surface area contributed by atoms with Gasteiger partial charge in [0.15, 0.2) is 0 Å². The molecule has 3 heteroatoms. The van der Waals surface area contributed by atoms with Crippen LogP contribution in [0.4, 0.5) is 0 Å². The van der Waals surface area contributed by atoms with E-state index < -0.39 is 0 Å². The van der Waals surface area contributed by atoms with Crippen molar-refractivity contribution in [3.63, 3.8) is 0 Å². The van der Waals surface area contributed by atoms with Crippen LogP contribution in [0.15, 0.2) is 12.4 Å². The van der Waals surface area contributed by atoms with E-state index in [-0.39, 0.29) is 0 Å². The van der Waals surface area contributed by atoms with E-state index in [1.165, 1.54) is 25.9 Å². The van der Waals surface area contributed by atoms with E-state index >= 15 is 0 Å². The van der Waals surface area contributed by atoms with Gasteiger partial charge in [-0.25, -0.2) is 4.98 Å². The Hall–Kier alpha value is -0.830. The van der Waals surface area contributed by atoms with Crippen LogP contribution in [-0.2, 0) is 6.54 Å². The highest BCUT2D eigenvalue weighted by molar-refractivity contribution is 4.87. The van der Waals surface area contributed by atoms with Gasteiger partial charge in [0.1, 0.15) is 5.82 Å². The van der Waals surface area contributed by atoms with Crippen LogP contribution >= 0.6 is 0 Å². The molecule has 72 valence electrons. The van der Waals surface area contributed by atoms with Crippen molar-refractivity contribution in [1.29, 1.82) is 0 Å². The molecular formula is C10H17N3. The Bertz CT molecular complexity index is 243. The van der Waals surface area contributed by atoms with Crippen LogP contribution in [0.25, 0.3) is 0 Å². The number of hydrogen-bond acceptors (Lipinski definition) is 2. The molecule has 1 saturated heterocycles. The molecule has 1 aliphatic rings. The minimum Gasteiger partial charge on any atom is -0.348 e. The van der Waals surface area contributed by atoms with Crippen LogP contribution in [0, 0.1) is 5.92 Å². The zero-order chi connectivity index (χ0) is 9.10. The number of aromatic amines is 1. The Balaban J connectivity index is 1.87. The third-order valence-electron chi connectivity index (χ3n) is 2.67. The second-order valence-electron chi connectivity index (χ2n) is 4.02. The largest absolute Gasteiger partial charge is 0.348 e. The van der Waals surface area contributed by atoms with Crippen LogP contribution in [0.3, 0.4) is 0 Å². The summed E-state index contributed by atoms with van der Waals surface area (Å²) in [6.45, 7) is 5.76. The fraction of sp³-hybridized carbons (Fsp3) is 0.700. The highest BCUT2D eigenvalue weighted by atomic mass is 15.2. The van der Waals surface area contributed by atoms with Crippen LogP contribution in [-0.4, -0.2) is 28.0 Å². The second kappa shape index (κ2) is 3.92. The van der Waals surface area contributed by atoms with Crippen LogP contribution in [0.2, 0.25) is 0 Å². The van der Waals surface area contributed by atoms with Gasteiger partial charge in [-0.2, -0.15) is 0 Å². The van der Waals surface area contributed by atoms with Gasteiger partial charge in [-0.3, -0.25) is 4.90 Å². The lowest BCUT2D eigenvalue weighted by Gasteiger charge is -2.29. The molecule has 1 aromatic heterocycles. The lowest BCUT2D eigenvalue weighted by molar-refractivity contribution is 0.173. The lowest BCUT2D eigenvalue weighted by atomic mass is 10.0. The normalized spacial score (nSPS) is 24.8. The van der Waals surface area contributed by atoms with Crippen molar-refractivity contribution >= 4 is 0 Å². The minimum absolute atomic E-state index is 0.851.